The van der Waals surface area contributed by atoms with Crippen LogP contribution < -0.4 is 11.1 Å². The van der Waals surface area contributed by atoms with Crippen LogP contribution in [0.15, 0.2) is 18.2 Å². The lowest BCUT2D eigenvalue weighted by Gasteiger charge is -2.05. The Morgan fingerprint density at radius 3 is 2.74 bits per heavy atom. The fourth-order valence-electron chi connectivity index (χ4n) is 1.94. The number of aryl methyl sites for hydroxylation is 2. The van der Waals surface area contributed by atoms with E-state index in [9.17, 15) is 0 Å². The molecule has 3 aromatic rings. The molecule has 0 saturated heterocycles. The van der Waals surface area contributed by atoms with Crippen molar-refractivity contribution in [2.45, 2.75) is 20.4 Å². The quantitative estimate of drug-likeness (QED) is 0.774. The summed E-state index contributed by atoms with van der Waals surface area (Å²) < 4.78 is 0. The number of nitrogens with two attached hydrogens (primary N) is 1. The highest BCUT2D eigenvalue weighted by Gasteiger charge is 2.09. The molecule has 0 amide bonds. The van der Waals surface area contributed by atoms with Crippen molar-refractivity contribution >= 4 is 44.7 Å². The van der Waals surface area contributed by atoms with Crippen molar-refractivity contribution < 1.29 is 0 Å². The minimum atomic E-state index is 0.319. The summed E-state index contributed by atoms with van der Waals surface area (Å²) in [4.78, 5) is 13.3. The van der Waals surface area contributed by atoms with E-state index < -0.39 is 0 Å². The molecule has 0 radical (unpaired) electrons. The lowest BCUT2D eigenvalue weighted by Crippen LogP contribution is -2.03. The van der Waals surface area contributed by atoms with Gasteiger partial charge < -0.3 is 11.1 Å². The Hall–Kier alpha value is -1.66. The van der Waals surface area contributed by atoms with Gasteiger partial charge in [-0.3, -0.25) is 0 Å². The van der Waals surface area contributed by atoms with Crippen LogP contribution in [0.5, 0.6) is 0 Å². The van der Waals surface area contributed by atoms with Crippen LogP contribution in [0.25, 0.3) is 10.2 Å². The number of anilines is 2. The SMILES string of the molecule is Cc1ccc(CNc2nc(N)nc3sc(C)cc23)s1. The third-order valence-corrected chi connectivity index (χ3v) is 4.70. The zero-order valence-electron chi connectivity index (χ0n) is 10.7. The molecule has 0 aliphatic heterocycles. The van der Waals surface area contributed by atoms with Crippen molar-refractivity contribution in [2.75, 3.05) is 11.1 Å². The molecule has 0 aliphatic carbocycles. The molecule has 3 N–H and O–H groups in total. The molecule has 0 saturated carbocycles. The van der Waals surface area contributed by atoms with Gasteiger partial charge in [0.2, 0.25) is 5.95 Å². The van der Waals surface area contributed by atoms with Gasteiger partial charge in [-0.1, -0.05) is 0 Å². The lowest BCUT2D eigenvalue weighted by atomic mass is 10.3. The van der Waals surface area contributed by atoms with E-state index in [4.69, 9.17) is 5.73 Å². The fraction of sp³-hybridized carbons (Fsp3) is 0.231. The maximum atomic E-state index is 5.75. The fourth-order valence-corrected chi connectivity index (χ4v) is 3.66. The highest BCUT2D eigenvalue weighted by molar-refractivity contribution is 7.18. The molecular weight excluding hydrogens is 276 g/mol. The van der Waals surface area contributed by atoms with Crippen LogP contribution in [-0.4, -0.2) is 9.97 Å². The summed E-state index contributed by atoms with van der Waals surface area (Å²) >= 11 is 3.42. The standard InChI is InChI=1S/C13H14N4S2/c1-7-3-4-9(18-7)6-15-11-10-5-8(2)19-12(10)17-13(14)16-11/h3-5H,6H2,1-2H3,(H3,14,15,16,17). The molecule has 19 heavy (non-hydrogen) atoms. The number of hydrogen-bond donors (Lipinski definition) is 2. The smallest absolute Gasteiger partial charge is 0.223 e. The first-order valence-corrected chi connectivity index (χ1v) is 7.58. The van der Waals surface area contributed by atoms with Crippen LogP contribution in [0.1, 0.15) is 14.6 Å². The Labute approximate surface area is 119 Å². The van der Waals surface area contributed by atoms with Crippen LogP contribution in [-0.2, 0) is 6.54 Å². The number of nitrogens with one attached hydrogen (secondary N) is 1. The van der Waals surface area contributed by atoms with Crippen LogP contribution in [0.3, 0.4) is 0 Å². The zero-order chi connectivity index (χ0) is 13.4. The monoisotopic (exact) mass is 290 g/mol. The number of fused-ring (bicyclic) bond motifs is 1. The number of nitrogen functional groups attached to an aromatic ring is 1. The molecule has 0 atom stereocenters. The van der Waals surface area contributed by atoms with Gasteiger partial charge in [-0.15, -0.1) is 22.7 Å². The molecule has 0 spiro atoms. The van der Waals surface area contributed by atoms with Gasteiger partial charge in [0, 0.05) is 14.6 Å². The van der Waals surface area contributed by atoms with Gasteiger partial charge in [0.05, 0.1) is 11.9 Å². The molecule has 98 valence electrons. The largest absolute Gasteiger partial charge is 0.368 e. The molecule has 0 bridgehead atoms. The Kier molecular flexibility index (Phi) is 3.12. The van der Waals surface area contributed by atoms with Crippen molar-refractivity contribution in [3.63, 3.8) is 0 Å². The minimum Gasteiger partial charge on any atom is -0.368 e. The lowest BCUT2D eigenvalue weighted by molar-refractivity contribution is 1.14. The van der Waals surface area contributed by atoms with Gasteiger partial charge >= 0.3 is 0 Å². The molecular formula is C13H14N4S2. The van der Waals surface area contributed by atoms with Gasteiger partial charge in [0.25, 0.3) is 0 Å². The maximum absolute atomic E-state index is 5.75. The third-order valence-electron chi connectivity index (χ3n) is 2.76. The number of rotatable bonds is 3. The van der Waals surface area contributed by atoms with Crippen molar-refractivity contribution in [1.82, 2.24) is 9.97 Å². The predicted octanol–water partition coefficient (Wildman–Crippen LogP) is 3.56. The Bertz CT molecular complexity index is 729. The number of thiophene rings is 2. The van der Waals surface area contributed by atoms with E-state index in [-0.39, 0.29) is 0 Å². The molecule has 3 aromatic heterocycles. The molecule has 0 aromatic carbocycles. The molecule has 4 nitrogen and oxygen atoms in total. The summed E-state index contributed by atoms with van der Waals surface area (Å²) in [6, 6.07) is 6.36. The van der Waals surface area contributed by atoms with Crippen molar-refractivity contribution in [1.29, 1.82) is 0 Å². The molecule has 0 fully saturated rings. The van der Waals surface area contributed by atoms with Crippen LogP contribution >= 0.6 is 22.7 Å². The van der Waals surface area contributed by atoms with Gasteiger partial charge in [-0.25, -0.2) is 4.98 Å². The second-order valence-corrected chi connectivity index (χ2v) is 6.98. The predicted molar refractivity (Wildman–Crippen MR) is 82.9 cm³/mol. The molecule has 0 unspecified atom stereocenters. The summed E-state index contributed by atoms with van der Waals surface area (Å²) in [5.74, 6) is 1.14. The second kappa shape index (κ2) is 4.79. The Morgan fingerprint density at radius 1 is 1.16 bits per heavy atom. The zero-order valence-corrected chi connectivity index (χ0v) is 12.4. The minimum absolute atomic E-state index is 0.319. The number of aromatic nitrogens is 2. The highest BCUT2D eigenvalue weighted by atomic mass is 32.1. The first-order valence-electron chi connectivity index (χ1n) is 5.94. The molecule has 0 aliphatic rings. The third kappa shape index (κ3) is 2.54. The van der Waals surface area contributed by atoms with E-state index in [0.717, 1.165) is 22.6 Å². The average molecular weight is 290 g/mol. The maximum Gasteiger partial charge on any atom is 0.223 e. The summed E-state index contributed by atoms with van der Waals surface area (Å²) in [5, 5.41) is 4.40. The molecule has 3 rings (SSSR count). The second-order valence-electron chi connectivity index (χ2n) is 4.37. The summed E-state index contributed by atoms with van der Waals surface area (Å²) in [5.41, 5.74) is 5.75. The van der Waals surface area contributed by atoms with Crippen LogP contribution in [0.2, 0.25) is 0 Å². The van der Waals surface area contributed by atoms with Gasteiger partial charge in [-0.2, -0.15) is 4.98 Å². The van der Waals surface area contributed by atoms with Crippen LogP contribution in [0.4, 0.5) is 11.8 Å². The van der Waals surface area contributed by atoms with Crippen molar-refractivity contribution in [3.05, 3.63) is 32.8 Å². The number of nitrogens with zero attached hydrogens (tertiary/aromatic N) is 2. The van der Waals surface area contributed by atoms with Gasteiger partial charge in [0.15, 0.2) is 0 Å². The summed E-state index contributed by atoms with van der Waals surface area (Å²) in [6.45, 7) is 4.94. The summed E-state index contributed by atoms with van der Waals surface area (Å²) in [7, 11) is 0. The van der Waals surface area contributed by atoms with E-state index in [1.807, 2.05) is 0 Å². The van der Waals surface area contributed by atoms with Crippen molar-refractivity contribution in [3.8, 4) is 0 Å². The molecule has 3 heterocycles. The van der Waals surface area contributed by atoms with E-state index in [0.29, 0.717) is 5.95 Å². The Morgan fingerprint density at radius 2 is 2.00 bits per heavy atom. The average Bonchev–Trinajstić information content (AvgIpc) is 2.91. The van der Waals surface area contributed by atoms with E-state index in [2.05, 4.69) is 47.3 Å². The van der Waals surface area contributed by atoms with Crippen LogP contribution in [0, 0.1) is 13.8 Å². The summed E-state index contributed by atoms with van der Waals surface area (Å²) in [6.07, 6.45) is 0. The van der Waals surface area contributed by atoms with Crippen molar-refractivity contribution in [2.24, 2.45) is 0 Å². The topological polar surface area (TPSA) is 63.8 Å². The van der Waals surface area contributed by atoms with Gasteiger partial charge in [-0.05, 0) is 32.0 Å². The van der Waals surface area contributed by atoms with E-state index in [1.165, 1.54) is 14.6 Å². The highest BCUT2D eigenvalue weighted by Crippen LogP contribution is 2.29. The van der Waals surface area contributed by atoms with E-state index >= 15 is 0 Å². The molecule has 6 heteroatoms. The first kappa shape index (κ1) is 12.4. The van der Waals surface area contributed by atoms with E-state index in [1.54, 1.807) is 22.7 Å². The number of hydrogen-bond acceptors (Lipinski definition) is 6. The van der Waals surface area contributed by atoms with Gasteiger partial charge in [0.1, 0.15) is 10.6 Å². The normalized spacial score (nSPS) is 11.1. The first-order chi connectivity index (χ1) is 9.11. The Balaban J connectivity index is 1.91.